The third-order valence-corrected chi connectivity index (χ3v) is 3.63. The Kier molecular flexibility index (Phi) is 3.47. The average molecular weight is 324 g/mol. The van der Waals surface area contributed by atoms with Gasteiger partial charge in [-0.2, -0.15) is 10.4 Å². The summed E-state index contributed by atoms with van der Waals surface area (Å²) in [5, 5.41) is 13.5. The number of hydrogen-bond acceptors (Lipinski definition) is 5. The van der Waals surface area contributed by atoms with Crippen LogP contribution in [-0.2, 0) is 6.54 Å². The minimum Gasteiger partial charge on any atom is -0.480 e. The molecule has 2 aromatic heterocycles. The predicted octanol–water partition coefficient (Wildman–Crippen LogP) is 1.75. The van der Waals surface area contributed by atoms with Crippen molar-refractivity contribution < 1.29 is 4.74 Å². The lowest BCUT2D eigenvalue weighted by Gasteiger charge is -2.16. The molecule has 0 spiro atoms. The lowest BCUT2D eigenvalue weighted by molar-refractivity contribution is 0.342. The van der Waals surface area contributed by atoms with Crippen LogP contribution in [0.25, 0.3) is 11.0 Å². The number of halogens is 1. The van der Waals surface area contributed by atoms with Crippen molar-refractivity contribution in [2.45, 2.75) is 25.9 Å². The molecule has 0 bridgehead atoms. The van der Waals surface area contributed by atoms with Crippen molar-refractivity contribution in [2.75, 3.05) is 7.11 Å². The summed E-state index contributed by atoms with van der Waals surface area (Å²) in [5.74, 6) is 0.512. The van der Waals surface area contributed by atoms with Crippen molar-refractivity contribution in [3.63, 3.8) is 0 Å². The molecule has 0 fully saturated rings. The van der Waals surface area contributed by atoms with Crippen LogP contribution in [-0.4, -0.2) is 27.4 Å². The monoisotopic (exact) mass is 323 g/mol. The van der Waals surface area contributed by atoms with Gasteiger partial charge in [0.15, 0.2) is 5.52 Å². The fraction of sp³-hybridized carbons (Fsp3) is 0.417. The number of nitriles is 1. The predicted molar refractivity (Wildman–Crippen MR) is 74.7 cm³/mol. The molecule has 2 N–H and O–H groups in total. The first-order valence-electron chi connectivity index (χ1n) is 5.65. The van der Waals surface area contributed by atoms with Gasteiger partial charge in [0.25, 0.3) is 0 Å². The second-order valence-corrected chi connectivity index (χ2v) is 5.48. The van der Waals surface area contributed by atoms with Crippen molar-refractivity contribution in [1.82, 2.24) is 14.8 Å². The average Bonchev–Trinajstić information content (AvgIpc) is 2.71. The van der Waals surface area contributed by atoms with E-state index in [2.05, 4.69) is 26.0 Å². The van der Waals surface area contributed by atoms with E-state index in [1.54, 1.807) is 24.9 Å². The maximum absolute atomic E-state index is 9.01. The lowest BCUT2D eigenvalue weighted by Crippen LogP contribution is -2.39. The molecular weight excluding hydrogens is 310 g/mol. The highest BCUT2D eigenvalue weighted by Crippen LogP contribution is 2.29. The van der Waals surface area contributed by atoms with Crippen LogP contribution in [0.1, 0.15) is 12.5 Å². The maximum atomic E-state index is 9.01. The Labute approximate surface area is 119 Å². The van der Waals surface area contributed by atoms with Crippen LogP contribution in [0.2, 0.25) is 0 Å². The van der Waals surface area contributed by atoms with Gasteiger partial charge in [0.1, 0.15) is 11.1 Å². The van der Waals surface area contributed by atoms with E-state index < -0.39 is 5.54 Å². The summed E-state index contributed by atoms with van der Waals surface area (Å²) < 4.78 is 7.80. The van der Waals surface area contributed by atoms with E-state index >= 15 is 0 Å². The summed E-state index contributed by atoms with van der Waals surface area (Å²) in [7, 11) is 1.55. The van der Waals surface area contributed by atoms with Gasteiger partial charge in [-0.3, -0.25) is 0 Å². The third kappa shape index (κ3) is 2.41. The largest absolute Gasteiger partial charge is 0.480 e. The van der Waals surface area contributed by atoms with Gasteiger partial charge < -0.3 is 10.5 Å². The molecule has 2 rings (SSSR count). The third-order valence-electron chi connectivity index (χ3n) is 2.83. The van der Waals surface area contributed by atoms with Gasteiger partial charge in [-0.1, -0.05) is 0 Å². The Bertz CT molecular complexity index is 671. The van der Waals surface area contributed by atoms with Gasteiger partial charge in [0.05, 0.1) is 19.7 Å². The molecule has 0 saturated carbocycles. The number of hydrogen-bond donors (Lipinski definition) is 1. The highest BCUT2D eigenvalue weighted by molar-refractivity contribution is 9.10. The highest BCUT2D eigenvalue weighted by atomic mass is 79.9. The van der Waals surface area contributed by atoms with Crippen LogP contribution in [0.3, 0.4) is 0 Å². The summed E-state index contributed by atoms with van der Waals surface area (Å²) >= 11 is 3.42. The highest BCUT2D eigenvalue weighted by Gasteiger charge is 2.24. The van der Waals surface area contributed by atoms with E-state index in [9.17, 15) is 0 Å². The number of nitrogens with zero attached hydrogens (tertiary/aromatic N) is 4. The van der Waals surface area contributed by atoms with Crippen LogP contribution in [0.15, 0.2) is 10.7 Å². The van der Waals surface area contributed by atoms with Crippen LogP contribution < -0.4 is 10.5 Å². The normalized spacial score (nSPS) is 14.1. The van der Waals surface area contributed by atoms with E-state index in [1.165, 1.54) is 0 Å². The number of methoxy groups -OCH3 is 1. The number of ether oxygens (including phenoxy) is 1. The van der Waals surface area contributed by atoms with Crippen molar-refractivity contribution in [3.05, 3.63) is 16.2 Å². The summed E-state index contributed by atoms with van der Waals surface area (Å²) in [6, 6.07) is 2.04. The Morgan fingerprint density at radius 3 is 2.84 bits per heavy atom. The Morgan fingerprint density at radius 2 is 2.26 bits per heavy atom. The molecule has 0 amide bonds. The fourth-order valence-corrected chi connectivity index (χ4v) is 2.08. The summed E-state index contributed by atoms with van der Waals surface area (Å²) in [6.07, 6.45) is 1.71. The number of aromatic nitrogens is 3. The molecule has 1 atom stereocenters. The zero-order valence-electron chi connectivity index (χ0n) is 10.9. The zero-order chi connectivity index (χ0) is 14.2. The van der Waals surface area contributed by atoms with Crippen molar-refractivity contribution in [3.8, 4) is 11.9 Å². The van der Waals surface area contributed by atoms with E-state index in [4.69, 9.17) is 15.7 Å². The summed E-state index contributed by atoms with van der Waals surface area (Å²) in [5.41, 5.74) is 7.21. The number of fused-ring (bicyclic) bond motifs is 1. The molecule has 0 saturated heterocycles. The Morgan fingerprint density at radius 1 is 1.58 bits per heavy atom. The molecule has 0 aromatic carbocycles. The van der Waals surface area contributed by atoms with Gasteiger partial charge in [-0.25, -0.2) is 9.67 Å². The lowest BCUT2D eigenvalue weighted by atomic mass is 10.1. The van der Waals surface area contributed by atoms with E-state index in [0.29, 0.717) is 11.4 Å². The minimum absolute atomic E-state index is 0.236. The molecule has 6 nitrogen and oxygen atoms in total. The van der Waals surface area contributed by atoms with Crippen LogP contribution in [0, 0.1) is 18.3 Å². The summed E-state index contributed by atoms with van der Waals surface area (Å²) in [4.78, 5) is 4.31. The quantitative estimate of drug-likeness (QED) is 0.929. The zero-order valence-corrected chi connectivity index (χ0v) is 12.5. The van der Waals surface area contributed by atoms with Crippen molar-refractivity contribution >= 4 is 27.0 Å². The van der Waals surface area contributed by atoms with E-state index in [-0.39, 0.29) is 6.54 Å². The van der Waals surface area contributed by atoms with Gasteiger partial charge in [-0.15, -0.1) is 0 Å². The molecule has 2 heterocycles. The van der Waals surface area contributed by atoms with Gasteiger partial charge in [-0.05, 0) is 35.3 Å². The number of nitrogens with two attached hydrogens (primary N) is 1. The first-order chi connectivity index (χ1) is 8.89. The molecule has 100 valence electrons. The van der Waals surface area contributed by atoms with Crippen molar-refractivity contribution in [2.24, 2.45) is 5.73 Å². The Hall–Kier alpha value is -1.65. The number of aryl methyl sites for hydroxylation is 1. The van der Waals surface area contributed by atoms with E-state index in [1.807, 2.05) is 13.0 Å². The van der Waals surface area contributed by atoms with Crippen molar-refractivity contribution in [1.29, 1.82) is 5.26 Å². The molecule has 7 heteroatoms. The van der Waals surface area contributed by atoms with Gasteiger partial charge >= 0.3 is 0 Å². The first-order valence-corrected chi connectivity index (χ1v) is 6.44. The van der Waals surface area contributed by atoms with Crippen LogP contribution in [0.5, 0.6) is 5.88 Å². The molecule has 2 aromatic rings. The topological polar surface area (TPSA) is 89.8 Å². The van der Waals surface area contributed by atoms with Crippen LogP contribution >= 0.6 is 15.9 Å². The smallest absolute Gasteiger partial charge is 0.238 e. The molecule has 0 aliphatic heterocycles. The van der Waals surface area contributed by atoms with E-state index in [0.717, 1.165) is 15.6 Å². The standard InChI is InChI=1S/C12H14BrN5O/c1-7-8(13)4-16-10-9(7)17-18(11(10)19-3)6-12(2,15)5-14/h4H,6,15H2,1-3H3. The second-order valence-electron chi connectivity index (χ2n) is 4.62. The molecule has 0 aliphatic carbocycles. The fourth-order valence-electron chi connectivity index (χ4n) is 1.79. The first kappa shape index (κ1) is 13.8. The molecule has 0 radical (unpaired) electrons. The van der Waals surface area contributed by atoms with Crippen LogP contribution in [0.4, 0.5) is 0 Å². The summed E-state index contributed by atoms with van der Waals surface area (Å²) in [6.45, 7) is 3.83. The minimum atomic E-state index is -1.01. The molecule has 1 unspecified atom stereocenters. The number of rotatable bonds is 3. The molecule has 19 heavy (non-hydrogen) atoms. The van der Waals surface area contributed by atoms with Gasteiger partial charge in [0, 0.05) is 10.7 Å². The maximum Gasteiger partial charge on any atom is 0.238 e. The molecular formula is C12H14BrN5O. The molecule has 0 aliphatic rings. The second kappa shape index (κ2) is 4.79. The Balaban J connectivity index is 2.63. The van der Waals surface area contributed by atoms with Gasteiger partial charge in [0.2, 0.25) is 5.88 Å². The number of pyridine rings is 1. The SMILES string of the molecule is COc1c2ncc(Br)c(C)c2nn1CC(C)(N)C#N.